The van der Waals surface area contributed by atoms with Crippen molar-refractivity contribution in [3.05, 3.63) is 29.3 Å². The van der Waals surface area contributed by atoms with Crippen LogP contribution in [0.25, 0.3) is 0 Å². The summed E-state index contributed by atoms with van der Waals surface area (Å²) in [6.07, 6.45) is -0.608. The summed E-state index contributed by atoms with van der Waals surface area (Å²) in [6.45, 7) is 5.22. The second-order valence-corrected chi connectivity index (χ2v) is 5.13. The van der Waals surface area contributed by atoms with Crippen molar-refractivity contribution in [1.29, 1.82) is 0 Å². The third-order valence-corrected chi connectivity index (χ3v) is 2.16. The topological polar surface area (TPSA) is 47.6 Å². The molecule has 0 aliphatic rings. The number of hydrogen-bond acceptors (Lipinski definition) is 3. The molecule has 0 unspecified atom stereocenters. The summed E-state index contributed by atoms with van der Waals surface area (Å²) < 4.78 is 36.4. The number of alkyl carbamates (subject to hydrolysis) is 1. The van der Waals surface area contributed by atoms with Gasteiger partial charge in [-0.05, 0) is 32.9 Å². The normalized spacial score (nSPS) is 10.4. The summed E-state index contributed by atoms with van der Waals surface area (Å²) in [5, 5.41) is 2.41. The van der Waals surface area contributed by atoms with Gasteiger partial charge in [0, 0.05) is 5.56 Å². The molecule has 6 heteroatoms. The second-order valence-electron chi connectivity index (χ2n) is 5.13. The van der Waals surface area contributed by atoms with Crippen LogP contribution in [0.3, 0.4) is 0 Å². The van der Waals surface area contributed by atoms with Crippen LogP contribution in [0.15, 0.2) is 12.1 Å². The molecule has 1 amide bonds. The maximum atomic E-state index is 13.4. The van der Waals surface area contributed by atoms with Gasteiger partial charge in [-0.2, -0.15) is 0 Å². The minimum atomic E-state index is -0.832. The van der Waals surface area contributed by atoms with Gasteiger partial charge < -0.3 is 14.8 Å². The molecule has 1 N–H and O–H groups in total. The fourth-order valence-electron chi connectivity index (χ4n) is 1.40. The zero-order chi connectivity index (χ0) is 16.0. The third kappa shape index (κ3) is 5.69. The Morgan fingerprint density at radius 1 is 1.29 bits per heavy atom. The van der Waals surface area contributed by atoms with Gasteiger partial charge in [0.2, 0.25) is 0 Å². The maximum absolute atomic E-state index is 13.4. The molecular weight excluding hydrogens is 280 g/mol. The molecule has 0 saturated heterocycles. The van der Waals surface area contributed by atoms with Crippen molar-refractivity contribution in [1.82, 2.24) is 5.32 Å². The van der Waals surface area contributed by atoms with Gasteiger partial charge in [-0.25, -0.2) is 13.6 Å². The molecule has 1 aromatic rings. The van der Waals surface area contributed by atoms with Crippen LogP contribution >= 0.6 is 0 Å². The van der Waals surface area contributed by atoms with E-state index in [0.29, 0.717) is 0 Å². The van der Waals surface area contributed by atoms with Crippen LogP contribution in [0.5, 0.6) is 5.75 Å². The molecular formula is C15H17F2NO3. The summed E-state index contributed by atoms with van der Waals surface area (Å²) in [5.41, 5.74) is -0.448. The highest BCUT2D eigenvalue weighted by Gasteiger charge is 2.15. The van der Waals surface area contributed by atoms with E-state index in [1.807, 2.05) is 0 Å². The van der Waals surface area contributed by atoms with Crippen molar-refractivity contribution >= 4 is 6.09 Å². The number of methoxy groups -OCH3 is 1. The SMILES string of the molecule is COc1c(F)cc(C#CCNC(=O)OC(C)(C)C)cc1F. The fourth-order valence-corrected chi connectivity index (χ4v) is 1.40. The van der Waals surface area contributed by atoms with E-state index >= 15 is 0 Å². The summed E-state index contributed by atoms with van der Waals surface area (Å²) >= 11 is 0. The first kappa shape index (κ1) is 16.8. The lowest BCUT2D eigenvalue weighted by molar-refractivity contribution is 0.0535. The Morgan fingerprint density at radius 3 is 2.33 bits per heavy atom. The Hall–Kier alpha value is -2.29. The average molecular weight is 297 g/mol. The molecule has 1 rings (SSSR count). The van der Waals surface area contributed by atoms with E-state index in [1.54, 1.807) is 20.8 Å². The standard InChI is InChI=1S/C15H17F2NO3/c1-15(2,3)21-14(19)18-7-5-6-10-8-11(16)13(20-4)12(17)9-10/h8-9H,7H2,1-4H3,(H,18,19). The maximum Gasteiger partial charge on any atom is 0.408 e. The summed E-state index contributed by atoms with van der Waals surface area (Å²) in [6, 6.07) is 2.12. The highest BCUT2D eigenvalue weighted by Crippen LogP contribution is 2.22. The predicted octanol–water partition coefficient (Wildman–Crippen LogP) is 2.85. The van der Waals surface area contributed by atoms with Crippen molar-refractivity contribution in [2.75, 3.05) is 13.7 Å². The molecule has 21 heavy (non-hydrogen) atoms. The van der Waals surface area contributed by atoms with Crippen molar-refractivity contribution in [3.63, 3.8) is 0 Å². The van der Waals surface area contributed by atoms with Gasteiger partial charge >= 0.3 is 6.09 Å². The first-order valence-electron chi connectivity index (χ1n) is 6.21. The first-order chi connectivity index (χ1) is 9.73. The summed E-state index contributed by atoms with van der Waals surface area (Å²) in [7, 11) is 1.18. The van der Waals surface area contributed by atoms with Gasteiger partial charge in [-0.3, -0.25) is 0 Å². The molecule has 0 saturated carbocycles. The van der Waals surface area contributed by atoms with Crippen LogP contribution < -0.4 is 10.1 Å². The van der Waals surface area contributed by atoms with Crippen molar-refractivity contribution in [3.8, 4) is 17.6 Å². The molecule has 0 spiro atoms. The fraction of sp³-hybridized carbons (Fsp3) is 0.400. The Morgan fingerprint density at radius 2 is 1.86 bits per heavy atom. The molecule has 0 heterocycles. The van der Waals surface area contributed by atoms with Gasteiger partial charge in [0.05, 0.1) is 13.7 Å². The van der Waals surface area contributed by atoms with Crippen LogP contribution in [0.1, 0.15) is 26.3 Å². The monoisotopic (exact) mass is 297 g/mol. The smallest absolute Gasteiger partial charge is 0.408 e. The molecule has 0 fully saturated rings. The predicted molar refractivity (Wildman–Crippen MR) is 74.0 cm³/mol. The van der Waals surface area contributed by atoms with E-state index in [1.165, 1.54) is 7.11 Å². The largest absolute Gasteiger partial charge is 0.491 e. The number of hydrogen-bond donors (Lipinski definition) is 1. The Bertz CT molecular complexity index is 560. The van der Waals surface area contributed by atoms with Crippen molar-refractivity contribution in [2.24, 2.45) is 0 Å². The number of nitrogens with one attached hydrogen (secondary N) is 1. The van der Waals surface area contributed by atoms with Crippen LogP contribution in [-0.4, -0.2) is 25.3 Å². The average Bonchev–Trinajstić information content (AvgIpc) is 2.32. The number of amides is 1. The number of rotatable bonds is 2. The molecule has 1 aromatic carbocycles. The van der Waals surface area contributed by atoms with Crippen molar-refractivity contribution < 1.29 is 23.0 Å². The van der Waals surface area contributed by atoms with Crippen LogP contribution in [0.2, 0.25) is 0 Å². The lowest BCUT2D eigenvalue weighted by Gasteiger charge is -2.19. The van der Waals surface area contributed by atoms with E-state index in [0.717, 1.165) is 12.1 Å². The molecule has 0 radical (unpaired) electrons. The molecule has 0 aliphatic heterocycles. The minimum Gasteiger partial charge on any atom is -0.491 e. The van der Waals surface area contributed by atoms with Gasteiger partial charge in [-0.15, -0.1) is 0 Å². The number of halogens is 2. The van der Waals surface area contributed by atoms with Gasteiger partial charge in [0.15, 0.2) is 17.4 Å². The molecule has 114 valence electrons. The minimum absolute atomic E-state index is 0.00415. The summed E-state index contributed by atoms with van der Waals surface area (Å²) in [4.78, 5) is 11.3. The van der Waals surface area contributed by atoms with E-state index in [9.17, 15) is 13.6 Å². The Labute approximate surface area is 122 Å². The van der Waals surface area contributed by atoms with Crippen LogP contribution in [-0.2, 0) is 4.74 Å². The zero-order valence-corrected chi connectivity index (χ0v) is 12.3. The third-order valence-electron chi connectivity index (χ3n) is 2.16. The number of carbonyl (C=O) groups is 1. The number of benzene rings is 1. The highest BCUT2D eigenvalue weighted by atomic mass is 19.1. The molecule has 0 aliphatic carbocycles. The van der Waals surface area contributed by atoms with E-state index < -0.39 is 29.1 Å². The lowest BCUT2D eigenvalue weighted by Crippen LogP contribution is -2.32. The molecule has 0 aromatic heterocycles. The van der Waals surface area contributed by atoms with E-state index in [4.69, 9.17) is 4.74 Å². The number of ether oxygens (including phenoxy) is 2. The second kappa shape index (κ2) is 6.93. The number of carbonyl (C=O) groups excluding carboxylic acids is 1. The molecule has 4 nitrogen and oxygen atoms in total. The molecule has 0 bridgehead atoms. The highest BCUT2D eigenvalue weighted by molar-refractivity contribution is 5.68. The van der Waals surface area contributed by atoms with Gasteiger partial charge in [0.25, 0.3) is 0 Å². The van der Waals surface area contributed by atoms with E-state index in [2.05, 4.69) is 21.9 Å². The van der Waals surface area contributed by atoms with Crippen molar-refractivity contribution in [2.45, 2.75) is 26.4 Å². The lowest BCUT2D eigenvalue weighted by atomic mass is 10.2. The summed E-state index contributed by atoms with van der Waals surface area (Å²) in [5.74, 6) is 3.00. The quantitative estimate of drug-likeness (QED) is 0.854. The molecule has 0 atom stereocenters. The Kier molecular flexibility index (Phi) is 5.53. The van der Waals surface area contributed by atoms with E-state index in [-0.39, 0.29) is 12.1 Å². The van der Waals surface area contributed by atoms with Gasteiger partial charge in [-0.1, -0.05) is 11.8 Å². The Balaban J connectivity index is 2.62. The van der Waals surface area contributed by atoms with Crippen LogP contribution in [0.4, 0.5) is 13.6 Å². The van der Waals surface area contributed by atoms with Crippen LogP contribution in [0, 0.1) is 23.5 Å². The van der Waals surface area contributed by atoms with Gasteiger partial charge in [0.1, 0.15) is 5.60 Å². The zero-order valence-electron chi connectivity index (χ0n) is 12.3. The first-order valence-corrected chi connectivity index (χ1v) is 6.21.